The summed E-state index contributed by atoms with van der Waals surface area (Å²) < 4.78 is 38.2. The Balaban J connectivity index is 2.06. The number of nitrogens with zero attached hydrogens (tertiary/aromatic N) is 2. The van der Waals surface area contributed by atoms with Crippen LogP contribution in [-0.4, -0.2) is 29.3 Å². The molecule has 1 aliphatic rings. The number of likely N-dealkylation sites (tertiary alicyclic amines) is 1. The number of halogens is 3. The summed E-state index contributed by atoms with van der Waals surface area (Å²) in [6, 6.07) is 5.80. The number of carbonyl (C=O) groups excluding carboxylic acids is 2. The van der Waals surface area contributed by atoms with Crippen molar-refractivity contribution < 1.29 is 22.8 Å². The molecule has 24 heavy (non-hydrogen) atoms. The lowest BCUT2D eigenvalue weighted by Gasteiger charge is -2.32. The van der Waals surface area contributed by atoms with Crippen LogP contribution in [0, 0.1) is 11.3 Å². The molecule has 1 atom stereocenters. The predicted octanol–water partition coefficient (Wildman–Crippen LogP) is 2.23. The van der Waals surface area contributed by atoms with Crippen LogP contribution in [0.25, 0.3) is 0 Å². The Morgan fingerprint density at radius 1 is 1.42 bits per heavy atom. The van der Waals surface area contributed by atoms with E-state index in [9.17, 15) is 22.8 Å². The quantitative estimate of drug-likeness (QED) is 0.914. The van der Waals surface area contributed by atoms with Gasteiger partial charge in [-0.25, -0.2) is 0 Å². The maximum Gasteiger partial charge on any atom is 0.416 e. The number of carbonyl (C=O) groups is 2. The Labute approximate surface area is 137 Å². The Hall–Kier alpha value is -2.56. The van der Waals surface area contributed by atoms with E-state index in [4.69, 9.17) is 5.26 Å². The Bertz CT molecular complexity index is 667. The van der Waals surface area contributed by atoms with Crippen molar-refractivity contribution in [1.82, 2.24) is 10.2 Å². The van der Waals surface area contributed by atoms with Gasteiger partial charge < -0.3 is 10.2 Å². The fourth-order valence-electron chi connectivity index (χ4n) is 2.61. The van der Waals surface area contributed by atoms with Crippen molar-refractivity contribution in [3.63, 3.8) is 0 Å². The highest BCUT2D eigenvalue weighted by atomic mass is 19.4. The van der Waals surface area contributed by atoms with Gasteiger partial charge in [0.05, 0.1) is 11.6 Å². The summed E-state index contributed by atoms with van der Waals surface area (Å²) in [5.41, 5.74) is -0.384. The van der Waals surface area contributed by atoms with Crippen molar-refractivity contribution in [2.45, 2.75) is 38.0 Å². The third-order valence-electron chi connectivity index (χ3n) is 3.73. The van der Waals surface area contributed by atoms with Crippen LogP contribution in [0.3, 0.4) is 0 Å². The summed E-state index contributed by atoms with van der Waals surface area (Å²) in [4.78, 5) is 25.2. The minimum atomic E-state index is -4.43. The number of nitriles is 1. The first-order valence-corrected chi connectivity index (χ1v) is 7.42. The molecule has 1 saturated heterocycles. The van der Waals surface area contributed by atoms with E-state index in [1.807, 2.05) is 0 Å². The molecule has 128 valence electrons. The number of alkyl halides is 3. The van der Waals surface area contributed by atoms with Crippen molar-refractivity contribution in [2.75, 3.05) is 6.54 Å². The molecule has 1 aliphatic heterocycles. The van der Waals surface area contributed by atoms with E-state index in [-0.39, 0.29) is 18.9 Å². The minimum absolute atomic E-state index is 0.0490. The van der Waals surface area contributed by atoms with Crippen LogP contribution in [-0.2, 0) is 22.3 Å². The number of rotatable bonds is 4. The van der Waals surface area contributed by atoms with E-state index in [1.54, 1.807) is 6.07 Å². The Morgan fingerprint density at radius 2 is 2.17 bits per heavy atom. The molecular weight excluding hydrogens is 323 g/mol. The number of benzene rings is 1. The molecule has 0 aromatic heterocycles. The molecule has 1 N–H and O–H groups in total. The number of piperidine rings is 1. The summed E-state index contributed by atoms with van der Waals surface area (Å²) in [5, 5.41) is 11.0. The summed E-state index contributed by atoms with van der Waals surface area (Å²) in [7, 11) is 0. The maximum atomic E-state index is 12.7. The van der Waals surface area contributed by atoms with E-state index < -0.39 is 23.7 Å². The summed E-state index contributed by atoms with van der Waals surface area (Å²) in [6.45, 7) is 0.465. The predicted molar refractivity (Wildman–Crippen MR) is 78.3 cm³/mol. The van der Waals surface area contributed by atoms with Gasteiger partial charge in [-0.15, -0.1) is 0 Å². The van der Waals surface area contributed by atoms with E-state index in [2.05, 4.69) is 5.32 Å². The zero-order valence-corrected chi connectivity index (χ0v) is 12.8. The molecule has 1 unspecified atom stereocenters. The van der Waals surface area contributed by atoms with Gasteiger partial charge in [-0.3, -0.25) is 9.59 Å². The number of hydrogen-bond acceptors (Lipinski definition) is 3. The average molecular weight is 339 g/mol. The molecule has 0 aliphatic carbocycles. The van der Waals surface area contributed by atoms with Gasteiger partial charge in [0, 0.05) is 13.1 Å². The second-order valence-corrected chi connectivity index (χ2v) is 5.56. The van der Waals surface area contributed by atoms with Crippen molar-refractivity contribution in [3.05, 3.63) is 35.4 Å². The Kier molecular flexibility index (Phi) is 5.44. The first kappa shape index (κ1) is 17.8. The maximum absolute atomic E-state index is 12.7. The summed E-state index contributed by atoms with van der Waals surface area (Å²) in [6.07, 6.45) is -3.69. The van der Waals surface area contributed by atoms with Crippen LogP contribution in [0.2, 0.25) is 0 Å². The molecule has 1 aromatic rings. The molecule has 2 rings (SSSR count). The van der Waals surface area contributed by atoms with Gasteiger partial charge in [0.1, 0.15) is 12.5 Å². The molecule has 0 radical (unpaired) electrons. The van der Waals surface area contributed by atoms with Crippen LogP contribution < -0.4 is 5.32 Å². The van der Waals surface area contributed by atoms with Gasteiger partial charge in [-0.05, 0) is 30.5 Å². The molecule has 1 aromatic carbocycles. The minimum Gasteiger partial charge on any atom is -0.343 e. The highest BCUT2D eigenvalue weighted by Crippen LogP contribution is 2.30. The molecule has 8 heteroatoms. The molecule has 5 nitrogen and oxygen atoms in total. The second-order valence-electron chi connectivity index (χ2n) is 5.56. The number of amides is 2. The summed E-state index contributed by atoms with van der Waals surface area (Å²) >= 11 is 0. The lowest BCUT2D eigenvalue weighted by atomic mass is 10.0. The van der Waals surface area contributed by atoms with Gasteiger partial charge in [0.25, 0.3) is 0 Å². The molecule has 0 saturated carbocycles. The van der Waals surface area contributed by atoms with Crippen molar-refractivity contribution in [2.24, 2.45) is 0 Å². The lowest BCUT2D eigenvalue weighted by Crippen LogP contribution is -2.51. The van der Waals surface area contributed by atoms with Crippen molar-refractivity contribution in [1.29, 1.82) is 5.26 Å². The van der Waals surface area contributed by atoms with Gasteiger partial charge in [-0.1, -0.05) is 12.1 Å². The summed E-state index contributed by atoms with van der Waals surface area (Å²) in [5.74, 6) is -0.873. The van der Waals surface area contributed by atoms with Crippen molar-refractivity contribution >= 4 is 11.8 Å². The molecule has 2 amide bonds. The SMILES string of the molecule is N#CCC(=O)NC1CCCN(Cc2cccc(C(F)(F)F)c2)C1=O. The third-order valence-corrected chi connectivity index (χ3v) is 3.73. The fraction of sp³-hybridized carbons (Fsp3) is 0.438. The standard InChI is InChI=1S/C16H16F3N3O2/c17-16(18,19)12-4-1-3-11(9-12)10-22-8-2-5-13(15(22)24)21-14(23)6-7-20/h1,3-4,9,13H,2,5-6,8,10H2,(H,21,23). The van der Waals surface area contributed by atoms with E-state index in [1.165, 1.54) is 17.0 Å². The average Bonchev–Trinajstić information content (AvgIpc) is 2.51. The molecule has 0 bridgehead atoms. The normalized spacial score (nSPS) is 18.2. The number of nitrogens with one attached hydrogen (secondary N) is 1. The van der Waals surface area contributed by atoms with Gasteiger partial charge >= 0.3 is 6.18 Å². The molecule has 1 heterocycles. The molecule has 0 spiro atoms. The van der Waals surface area contributed by atoms with E-state index in [0.717, 1.165) is 12.1 Å². The zero-order chi connectivity index (χ0) is 17.7. The van der Waals surface area contributed by atoms with Crippen LogP contribution in [0.15, 0.2) is 24.3 Å². The highest BCUT2D eigenvalue weighted by molar-refractivity contribution is 5.88. The van der Waals surface area contributed by atoms with Gasteiger partial charge in [0.2, 0.25) is 11.8 Å². The van der Waals surface area contributed by atoms with Gasteiger partial charge in [-0.2, -0.15) is 18.4 Å². The second kappa shape index (κ2) is 7.34. The first-order chi connectivity index (χ1) is 11.3. The highest BCUT2D eigenvalue weighted by Gasteiger charge is 2.32. The molecule has 1 fully saturated rings. The lowest BCUT2D eigenvalue weighted by molar-refractivity contribution is -0.139. The van der Waals surface area contributed by atoms with E-state index >= 15 is 0 Å². The smallest absolute Gasteiger partial charge is 0.343 e. The fourth-order valence-corrected chi connectivity index (χ4v) is 2.61. The third kappa shape index (κ3) is 4.47. The van der Waals surface area contributed by atoms with Crippen LogP contribution in [0.1, 0.15) is 30.4 Å². The van der Waals surface area contributed by atoms with Crippen LogP contribution in [0.5, 0.6) is 0 Å². The van der Waals surface area contributed by atoms with Crippen molar-refractivity contribution in [3.8, 4) is 6.07 Å². The van der Waals surface area contributed by atoms with Crippen LogP contribution >= 0.6 is 0 Å². The van der Waals surface area contributed by atoms with Gasteiger partial charge in [0.15, 0.2) is 0 Å². The molecular formula is C16H16F3N3O2. The van der Waals surface area contributed by atoms with E-state index in [0.29, 0.717) is 24.9 Å². The zero-order valence-electron chi connectivity index (χ0n) is 12.8. The monoisotopic (exact) mass is 339 g/mol. The first-order valence-electron chi connectivity index (χ1n) is 7.42. The van der Waals surface area contributed by atoms with Crippen LogP contribution in [0.4, 0.5) is 13.2 Å². The Morgan fingerprint density at radius 3 is 2.83 bits per heavy atom. The largest absolute Gasteiger partial charge is 0.416 e. The topological polar surface area (TPSA) is 73.2 Å². The number of hydrogen-bond donors (Lipinski definition) is 1.